The quantitative estimate of drug-likeness (QED) is 0.491. The maximum Gasteiger partial charge on any atom is 0.319 e. The third-order valence-electron chi connectivity index (χ3n) is 3.50. The molecule has 24 heavy (non-hydrogen) atoms. The summed E-state index contributed by atoms with van der Waals surface area (Å²) >= 11 is 0. The first kappa shape index (κ1) is 17.3. The lowest BCUT2D eigenvalue weighted by molar-refractivity contribution is -0.142. The van der Waals surface area contributed by atoms with Gasteiger partial charge in [0.25, 0.3) is 5.91 Å². The van der Waals surface area contributed by atoms with Gasteiger partial charge in [0, 0.05) is 11.3 Å². The van der Waals surface area contributed by atoms with E-state index in [9.17, 15) is 9.59 Å². The number of esters is 1. The van der Waals surface area contributed by atoms with Crippen LogP contribution in [-0.4, -0.2) is 32.7 Å². The number of rotatable bonds is 6. The predicted molar refractivity (Wildman–Crippen MR) is 89.5 cm³/mol. The fraction of sp³-hybridized carbons (Fsp3) is 0.222. The first-order chi connectivity index (χ1) is 11.5. The van der Waals surface area contributed by atoms with E-state index in [1.54, 1.807) is 30.4 Å². The van der Waals surface area contributed by atoms with Gasteiger partial charge in [-0.25, -0.2) is 0 Å². The van der Waals surface area contributed by atoms with Crippen molar-refractivity contribution in [1.82, 2.24) is 5.32 Å². The second-order valence-electron chi connectivity index (χ2n) is 5.05. The van der Waals surface area contributed by atoms with E-state index in [4.69, 9.17) is 14.2 Å². The summed E-state index contributed by atoms with van der Waals surface area (Å²) in [7, 11) is 2.79. The van der Waals surface area contributed by atoms with E-state index in [-0.39, 0.29) is 11.5 Å². The zero-order valence-electron chi connectivity index (χ0n) is 13.6. The van der Waals surface area contributed by atoms with Crippen molar-refractivity contribution in [2.45, 2.75) is 0 Å². The number of hydrogen-bond donors (Lipinski definition) is 1. The summed E-state index contributed by atoms with van der Waals surface area (Å²) in [5.74, 6) is -0.670. The van der Waals surface area contributed by atoms with Crippen LogP contribution in [0.5, 0.6) is 11.5 Å². The van der Waals surface area contributed by atoms with Crippen molar-refractivity contribution in [2.75, 3.05) is 20.8 Å². The molecule has 1 aliphatic heterocycles. The van der Waals surface area contributed by atoms with Crippen molar-refractivity contribution in [2.24, 2.45) is 5.92 Å². The van der Waals surface area contributed by atoms with Crippen LogP contribution in [0.2, 0.25) is 0 Å². The van der Waals surface area contributed by atoms with Gasteiger partial charge < -0.3 is 19.5 Å². The first-order valence-corrected chi connectivity index (χ1v) is 7.23. The Morgan fingerprint density at radius 3 is 2.71 bits per heavy atom. The molecule has 0 radical (unpaired) electrons. The number of methoxy groups -OCH3 is 2. The van der Waals surface area contributed by atoms with Gasteiger partial charge in [0.15, 0.2) is 11.5 Å². The first-order valence-electron chi connectivity index (χ1n) is 7.23. The maximum atomic E-state index is 12.1. The molecule has 2 rings (SSSR count). The molecule has 126 valence electrons. The van der Waals surface area contributed by atoms with Crippen molar-refractivity contribution in [3.05, 3.63) is 54.3 Å². The molecule has 1 fully saturated rings. The number of amides is 1. The van der Waals surface area contributed by atoms with Crippen molar-refractivity contribution in [3.8, 4) is 11.5 Å². The highest BCUT2D eigenvalue weighted by molar-refractivity contribution is 6.08. The molecule has 0 unspecified atom stereocenters. The number of nitrogens with one attached hydrogen (secondary N) is 1. The number of carbonyl (C=O) groups is 2. The zero-order chi connectivity index (χ0) is 17.7. The molecule has 0 bridgehead atoms. The lowest BCUT2D eigenvalue weighted by Crippen LogP contribution is -2.17. The van der Waals surface area contributed by atoms with E-state index >= 15 is 0 Å². The Balaban J connectivity index is 2.38. The van der Waals surface area contributed by atoms with Gasteiger partial charge in [-0.15, -0.1) is 0 Å². The Hall–Kier alpha value is -3.02. The topological polar surface area (TPSA) is 73.9 Å². The Kier molecular flexibility index (Phi) is 5.42. The summed E-state index contributed by atoms with van der Waals surface area (Å²) in [6, 6.07) is 5.20. The highest BCUT2D eigenvalue weighted by atomic mass is 16.5. The van der Waals surface area contributed by atoms with Crippen LogP contribution in [0.4, 0.5) is 0 Å². The van der Waals surface area contributed by atoms with Crippen LogP contribution in [0.1, 0.15) is 5.56 Å². The van der Waals surface area contributed by atoms with Crippen molar-refractivity contribution >= 4 is 18.0 Å². The summed E-state index contributed by atoms with van der Waals surface area (Å²) < 4.78 is 15.5. The molecule has 1 aliphatic rings. The van der Waals surface area contributed by atoms with Gasteiger partial charge in [0.2, 0.25) is 0 Å². The Morgan fingerprint density at radius 1 is 1.33 bits per heavy atom. The molecule has 6 nitrogen and oxygen atoms in total. The second-order valence-corrected chi connectivity index (χ2v) is 5.05. The normalized spacial score (nSPS) is 18.2. The van der Waals surface area contributed by atoms with E-state index in [1.807, 2.05) is 0 Å². The van der Waals surface area contributed by atoms with Gasteiger partial charge in [-0.05, 0) is 23.8 Å². The molecule has 6 heteroatoms. The fourth-order valence-corrected chi connectivity index (χ4v) is 2.37. The Labute approximate surface area is 140 Å². The molecule has 1 saturated heterocycles. The van der Waals surface area contributed by atoms with Gasteiger partial charge in [-0.1, -0.05) is 25.3 Å². The highest BCUT2D eigenvalue weighted by Gasteiger charge is 2.37. The van der Waals surface area contributed by atoms with E-state index in [0.717, 1.165) is 0 Å². The number of hydrogen-bond acceptors (Lipinski definition) is 5. The molecular formula is C18H19NO5. The summed E-state index contributed by atoms with van der Waals surface area (Å²) in [5, 5.41) is 2.55. The van der Waals surface area contributed by atoms with E-state index in [1.165, 1.54) is 14.2 Å². The molecule has 0 aromatic heterocycles. The second kappa shape index (κ2) is 7.50. The number of ether oxygens (including phenoxy) is 3. The average molecular weight is 329 g/mol. The molecule has 1 N–H and O–H groups in total. The average Bonchev–Trinajstić information content (AvgIpc) is 2.86. The molecule has 1 aromatic rings. The van der Waals surface area contributed by atoms with Gasteiger partial charge in [-0.3, -0.25) is 9.59 Å². The zero-order valence-corrected chi connectivity index (χ0v) is 13.6. The van der Waals surface area contributed by atoms with E-state index in [2.05, 4.69) is 18.5 Å². The van der Waals surface area contributed by atoms with Gasteiger partial charge in [-0.2, -0.15) is 0 Å². The minimum absolute atomic E-state index is 0.272. The van der Waals surface area contributed by atoms with Gasteiger partial charge in [0.05, 0.1) is 14.2 Å². The number of carbonyl (C=O) groups excluding carboxylic acids is 2. The highest BCUT2D eigenvalue weighted by Crippen LogP contribution is 2.32. The van der Waals surface area contributed by atoms with Crippen LogP contribution in [0.25, 0.3) is 6.08 Å². The minimum Gasteiger partial charge on any atom is -0.493 e. The third-order valence-corrected chi connectivity index (χ3v) is 3.50. The van der Waals surface area contributed by atoms with E-state index < -0.39 is 11.9 Å². The number of benzene rings is 1. The van der Waals surface area contributed by atoms with Gasteiger partial charge in [0.1, 0.15) is 12.5 Å². The van der Waals surface area contributed by atoms with Crippen LogP contribution in [0.15, 0.2) is 48.7 Å². The van der Waals surface area contributed by atoms with E-state index in [0.29, 0.717) is 29.4 Å². The molecule has 0 spiro atoms. The summed E-state index contributed by atoms with van der Waals surface area (Å²) in [4.78, 5) is 24.0. The van der Waals surface area contributed by atoms with Crippen LogP contribution in [0, 0.1) is 5.92 Å². The van der Waals surface area contributed by atoms with Crippen LogP contribution in [-0.2, 0) is 14.3 Å². The molecule has 1 atom stereocenters. The molecule has 1 amide bonds. The SMILES string of the molecule is C=CCOc1ccc(/C=C2\C(=O)NC(=C)[C@H]2C(=O)OC)cc1OC. The Morgan fingerprint density at radius 2 is 2.08 bits per heavy atom. The summed E-state index contributed by atoms with van der Waals surface area (Å²) in [5.41, 5.74) is 1.26. The van der Waals surface area contributed by atoms with Crippen LogP contribution in [0.3, 0.4) is 0 Å². The van der Waals surface area contributed by atoms with Crippen molar-refractivity contribution < 1.29 is 23.8 Å². The van der Waals surface area contributed by atoms with Crippen LogP contribution < -0.4 is 14.8 Å². The largest absolute Gasteiger partial charge is 0.493 e. The monoisotopic (exact) mass is 329 g/mol. The fourth-order valence-electron chi connectivity index (χ4n) is 2.37. The lowest BCUT2D eigenvalue weighted by Gasteiger charge is -2.11. The van der Waals surface area contributed by atoms with Crippen molar-refractivity contribution in [1.29, 1.82) is 0 Å². The molecular weight excluding hydrogens is 310 g/mol. The van der Waals surface area contributed by atoms with Gasteiger partial charge >= 0.3 is 5.97 Å². The summed E-state index contributed by atoms with van der Waals surface area (Å²) in [6.07, 6.45) is 3.24. The molecule has 0 aliphatic carbocycles. The minimum atomic E-state index is -0.829. The smallest absolute Gasteiger partial charge is 0.319 e. The Bertz CT molecular complexity index is 720. The third kappa shape index (κ3) is 3.48. The summed E-state index contributed by atoms with van der Waals surface area (Å²) in [6.45, 7) is 7.65. The standard InChI is InChI=1S/C18H19NO5/c1-5-8-24-14-7-6-12(10-15(14)22-3)9-13-16(18(21)23-4)11(2)19-17(13)20/h5-7,9-10,16H,1-2,8H2,3-4H3,(H,19,20)/b13-9-/t16-/m1/s1. The molecule has 0 saturated carbocycles. The van der Waals surface area contributed by atoms with Crippen molar-refractivity contribution in [3.63, 3.8) is 0 Å². The van der Waals surface area contributed by atoms with Crippen LogP contribution >= 0.6 is 0 Å². The predicted octanol–water partition coefficient (Wildman–Crippen LogP) is 2.08. The maximum absolute atomic E-state index is 12.1. The lowest BCUT2D eigenvalue weighted by atomic mass is 9.97. The molecule has 1 heterocycles. The molecule has 1 aromatic carbocycles.